The van der Waals surface area contributed by atoms with Crippen LogP contribution >= 0.6 is 0 Å². The number of benzene rings is 1. The van der Waals surface area contributed by atoms with Gasteiger partial charge in [-0.15, -0.1) is 0 Å². The van der Waals surface area contributed by atoms with Gasteiger partial charge in [-0.25, -0.2) is 0 Å². The highest BCUT2D eigenvalue weighted by molar-refractivity contribution is 5.31. The molecular formula is C15H23NO. The molecule has 2 nitrogen and oxygen atoms in total. The molecule has 3 unspecified atom stereocenters. The van der Waals surface area contributed by atoms with Crippen LogP contribution in [-0.2, 0) is 4.74 Å². The Labute approximate surface area is 104 Å². The zero-order chi connectivity index (χ0) is 12.4. The topological polar surface area (TPSA) is 35.2 Å². The Morgan fingerprint density at radius 3 is 2.53 bits per heavy atom. The lowest BCUT2D eigenvalue weighted by Crippen LogP contribution is -2.28. The molecule has 3 atom stereocenters. The second-order valence-corrected chi connectivity index (χ2v) is 5.22. The maximum Gasteiger partial charge on any atom is 0.0619 e. The third-order valence-electron chi connectivity index (χ3n) is 3.75. The van der Waals surface area contributed by atoms with Crippen LogP contribution in [0.25, 0.3) is 0 Å². The summed E-state index contributed by atoms with van der Waals surface area (Å²) in [7, 11) is 0. The summed E-state index contributed by atoms with van der Waals surface area (Å²) < 4.78 is 5.74. The van der Waals surface area contributed by atoms with E-state index in [0.717, 1.165) is 19.4 Å². The van der Waals surface area contributed by atoms with E-state index in [2.05, 4.69) is 39.0 Å². The lowest BCUT2D eigenvalue weighted by molar-refractivity contribution is 0.0813. The first kappa shape index (κ1) is 12.6. The van der Waals surface area contributed by atoms with Crippen molar-refractivity contribution in [2.45, 2.75) is 45.8 Å². The third kappa shape index (κ3) is 2.70. The molecule has 1 saturated heterocycles. The van der Waals surface area contributed by atoms with Gasteiger partial charge in [0.2, 0.25) is 0 Å². The van der Waals surface area contributed by atoms with Crippen LogP contribution in [0, 0.1) is 19.8 Å². The molecule has 1 aromatic carbocycles. The monoisotopic (exact) mass is 233 g/mol. The number of ether oxygens (including phenoxy) is 1. The molecular weight excluding hydrogens is 210 g/mol. The first-order chi connectivity index (χ1) is 8.11. The predicted molar refractivity (Wildman–Crippen MR) is 71.0 cm³/mol. The molecule has 2 rings (SSSR count). The van der Waals surface area contributed by atoms with Crippen molar-refractivity contribution in [3.63, 3.8) is 0 Å². The van der Waals surface area contributed by atoms with Gasteiger partial charge >= 0.3 is 0 Å². The van der Waals surface area contributed by atoms with E-state index in [1.54, 1.807) is 0 Å². The van der Waals surface area contributed by atoms with Crippen molar-refractivity contribution in [2.75, 3.05) is 6.61 Å². The van der Waals surface area contributed by atoms with Gasteiger partial charge in [0.1, 0.15) is 0 Å². The van der Waals surface area contributed by atoms with E-state index in [1.165, 1.54) is 16.7 Å². The van der Waals surface area contributed by atoms with E-state index >= 15 is 0 Å². The number of aryl methyl sites for hydroxylation is 2. The molecule has 0 radical (unpaired) electrons. The second-order valence-electron chi connectivity index (χ2n) is 5.22. The van der Waals surface area contributed by atoms with Gasteiger partial charge in [-0.1, -0.05) is 36.2 Å². The molecule has 0 spiro atoms. The van der Waals surface area contributed by atoms with Crippen molar-refractivity contribution in [2.24, 2.45) is 11.7 Å². The summed E-state index contributed by atoms with van der Waals surface area (Å²) in [5.41, 5.74) is 10.3. The molecule has 0 aliphatic carbocycles. The molecule has 17 heavy (non-hydrogen) atoms. The van der Waals surface area contributed by atoms with Gasteiger partial charge < -0.3 is 10.5 Å². The van der Waals surface area contributed by atoms with E-state index in [9.17, 15) is 0 Å². The number of hydrogen-bond acceptors (Lipinski definition) is 2. The van der Waals surface area contributed by atoms with Gasteiger partial charge in [0.25, 0.3) is 0 Å². The number of hydrogen-bond donors (Lipinski definition) is 1. The SMILES string of the molecule is CCC1OCCC1C(N)c1cc(C)cc(C)c1. The first-order valence-corrected chi connectivity index (χ1v) is 6.57. The Balaban J connectivity index is 2.21. The highest BCUT2D eigenvalue weighted by Crippen LogP contribution is 2.33. The number of rotatable bonds is 3. The normalized spacial score (nSPS) is 26.1. The standard InChI is InChI=1S/C15H23NO/c1-4-14-13(5-6-17-14)15(16)12-8-10(2)7-11(3)9-12/h7-9,13-15H,4-6,16H2,1-3H3. The molecule has 1 heterocycles. The van der Waals surface area contributed by atoms with Gasteiger partial charge in [-0.2, -0.15) is 0 Å². The summed E-state index contributed by atoms with van der Waals surface area (Å²) in [6.07, 6.45) is 2.49. The molecule has 0 amide bonds. The highest BCUT2D eigenvalue weighted by Gasteiger charge is 2.32. The van der Waals surface area contributed by atoms with Crippen molar-refractivity contribution in [3.8, 4) is 0 Å². The average molecular weight is 233 g/mol. The van der Waals surface area contributed by atoms with Crippen LogP contribution in [0.2, 0.25) is 0 Å². The molecule has 1 aromatic rings. The van der Waals surface area contributed by atoms with Crippen LogP contribution in [0.15, 0.2) is 18.2 Å². The van der Waals surface area contributed by atoms with Crippen LogP contribution in [0.5, 0.6) is 0 Å². The minimum Gasteiger partial charge on any atom is -0.378 e. The molecule has 94 valence electrons. The van der Waals surface area contributed by atoms with Crippen molar-refractivity contribution < 1.29 is 4.74 Å². The van der Waals surface area contributed by atoms with Gasteiger partial charge in [0.05, 0.1) is 6.10 Å². The molecule has 0 bridgehead atoms. The first-order valence-electron chi connectivity index (χ1n) is 6.57. The summed E-state index contributed by atoms with van der Waals surface area (Å²) >= 11 is 0. The van der Waals surface area contributed by atoms with Gasteiger partial charge in [-0.3, -0.25) is 0 Å². The molecule has 2 heteroatoms. The van der Waals surface area contributed by atoms with E-state index in [1.807, 2.05) is 0 Å². The van der Waals surface area contributed by atoms with Crippen molar-refractivity contribution in [1.82, 2.24) is 0 Å². The third-order valence-corrected chi connectivity index (χ3v) is 3.75. The lowest BCUT2D eigenvalue weighted by atomic mass is 9.86. The Bertz CT molecular complexity index is 368. The Hall–Kier alpha value is -0.860. The maximum atomic E-state index is 6.42. The van der Waals surface area contributed by atoms with Gasteiger partial charge in [0.15, 0.2) is 0 Å². The van der Waals surface area contributed by atoms with Gasteiger partial charge in [0, 0.05) is 18.6 Å². The fourth-order valence-electron chi connectivity index (χ4n) is 2.95. The maximum absolute atomic E-state index is 6.42. The quantitative estimate of drug-likeness (QED) is 0.870. The van der Waals surface area contributed by atoms with Crippen molar-refractivity contribution in [3.05, 3.63) is 34.9 Å². The van der Waals surface area contributed by atoms with Gasteiger partial charge in [-0.05, 0) is 32.3 Å². The van der Waals surface area contributed by atoms with Crippen molar-refractivity contribution >= 4 is 0 Å². The average Bonchev–Trinajstić information content (AvgIpc) is 2.74. The van der Waals surface area contributed by atoms with E-state index in [0.29, 0.717) is 12.0 Å². The molecule has 1 aliphatic heterocycles. The molecule has 1 aliphatic rings. The van der Waals surface area contributed by atoms with E-state index < -0.39 is 0 Å². The number of nitrogens with two attached hydrogens (primary N) is 1. The summed E-state index contributed by atoms with van der Waals surface area (Å²) in [4.78, 5) is 0. The second kappa shape index (κ2) is 5.19. The zero-order valence-electron chi connectivity index (χ0n) is 11.1. The Kier molecular flexibility index (Phi) is 3.85. The molecule has 2 N–H and O–H groups in total. The fraction of sp³-hybridized carbons (Fsp3) is 0.600. The van der Waals surface area contributed by atoms with Crippen LogP contribution in [0.3, 0.4) is 0 Å². The summed E-state index contributed by atoms with van der Waals surface area (Å²) in [6, 6.07) is 6.73. The molecule has 0 saturated carbocycles. The van der Waals surface area contributed by atoms with E-state index in [4.69, 9.17) is 10.5 Å². The summed E-state index contributed by atoms with van der Waals surface area (Å²) in [5, 5.41) is 0. The zero-order valence-corrected chi connectivity index (χ0v) is 11.1. The fourth-order valence-corrected chi connectivity index (χ4v) is 2.95. The Morgan fingerprint density at radius 2 is 1.94 bits per heavy atom. The van der Waals surface area contributed by atoms with Crippen molar-refractivity contribution in [1.29, 1.82) is 0 Å². The van der Waals surface area contributed by atoms with E-state index in [-0.39, 0.29) is 6.04 Å². The van der Waals surface area contributed by atoms with Crippen LogP contribution < -0.4 is 5.73 Å². The predicted octanol–water partition coefficient (Wildman–Crippen LogP) is 3.12. The van der Waals surface area contributed by atoms with Crippen LogP contribution in [0.4, 0.5) is 0 Å². The smallest absolute Gasteiger partial charge is 0.0619 e. The Morgan fingerprint density at radius 1 is 1.29 bits per heavy atom. The minimum absolute atomic E-state index is 0.112. The summed E-state index contributed by atoms with van der Waals surface area (Å²) in [6.45, 7) is 7.30. The minimum atomic E-state index is 0.112. The molecule has 1 fully saturated rings. The highest BCUT2D eigenvalue weighted by atomic mass is 16.5. The summed E-state index contributed by atoms with van der Waals surface area (Å²) in [5.74, 6) is 0.473. The van der Waals surface area contributed by atoms with Crippen LogP contribution in [-0.4, -0.2) is 12.7 Å². The van der Waals surface area contributed by atoms with Crippen LogP contribution in [0.1, 0.15) is 42.5 Å². The molecule has 0 aromatic heterocycles. The largest absolute Gasteiger partial charge is 0.378 e. The lowest BCUT2D eigenvalue weighted by Gasteiger charge is -2.24.